The van der Waals surface area contributed by atoms with E-state index in [1.54, 1.807) is 11.8 Å². The zero-order valence-electron chi connectivity index (χ0n) is 9.88. The molecule has 0 saturated heterocycles. The lowest BCUT2D eigenvalue weighted by Gasteiger charge is -2.09. The summed E-state index contributed by atoms with van der Waals surface area (Å²) < 4.78 is 26.2. The lowest BCUT2D eigenvalue weighted by atomic mass is 10.3. The van der Waals surface area contributed by atoms with Gasteiger partial charge in [0.25, 0.3) is 0 Å². The van der Waals surface area contributed by atoms with Crippen molar-refractivity contribution in [1.82, 2.24) is 9.71 Å². The normalized spacial score (nSPS) is 13.5. The van der Waals surface area contributed by atoms with Crippen LogP contribution >= 0.6 is 11.8 Å². The molecule has 0 bridgehead atoms. The van der Waals surface area contributed by atoms with Crippen LogP contribution in [0.5, 0.6) is 0 Å². The fourth-order valence-corrected chi connectivity index (χ4v) is 2.49. The Morgan fingerprint density at radius 2 is 2.24 bits per heavy atom. The summed E-state index contributed by atoms with van der Waals surface area (Å²) in [5.41, 5.74) is 5.40. The zero-order valence-corrected chi connectivity index (χ0v) is 11.5. The molecule has 0 amide bonds. The molecule has 5 nitrogen and oxygen atoms in total. The summed E-state index contributed by atoms with van der Waals surface area (Å²) in [5, 5.41) is 0.433. The molecular formula is C10H17N3O2S2. The second-order valence-corrected chi connectivity index (χ2v) is 6.69. The number of thioether (sulfide) groups is 1. The Morgan fingerprint density at radius 1 is 1.53 bits per heavy atom. The maximum absolute atomic E-state index is 11.8. The number of pyridine rings is 1. The van der Waals surface area contributed by atoms with E-state index in [1.807, 2.05) is 6.26 Å². The highest BCUT2D eigenvalue weighted by Gasteiger charge is 2.13. The maximum Gasteiger partial charge on any atom is 0.242 e. The van der Waals surface area contributed by atoms with Crippen LogP contribution < -0.4 is 10.5 Å². The molecule has 1 aromatic rings. The van der Waals surface area contributed by atoms with E-state index >= 15 is 0 Å². The molecule has 0 fully saturated rings. The van der Waals surface area contributed by atoms with Crippen molar-refractivity contribution < 1.29 is 8.42 Å². The SMILES string of the molecule is CSC(C)CCNS(=O)(=O)c1ccc(N)nc1. The van der Waals surface area contributed by atoms with Gasteiger partial charge in [0.15, 0.2) is 0 Å². The quantitative estimate of drug-likeness (QED) is 0.811. The number of hydrogen-bond donors (Lipinski definition) is 2. The smallest absolute Gasteiger partial charge is 0.242 e. The molecule has 17 heavy (non-hydrogen) atoms. The summed E-state index contributed by atoms with van der Waals surface area (Å²) in [7, 11) is -3.46. The third kappa shape index (κ3) is 4.53. The number of nitrogens with zero attached hydrogens (tertiary/aromatic N) is 1. The first kappa shape index (κ1) is 14.3. The molecule has 0 radical (unpaired) electrons. The molecule has 0 aliphatic heterocycles. The fraction of sp³-hybridized carbons (Fsp3) is 0.500. The summed E-state index contributed by atoms with van der Waals surface area (Å²) in [5.74, 6) is 0.306. The fourth-order valence-electron chi connectivity index (χ4n) is 1.15. The first-order valence-corrected chi connectivity index (χ1v) is 7.97. The molecule has 3 N–H and O–H groups in total. The van der Waals surface area contributed by atoms with Crippen molar-refractivity contribution in [3.05, 3.63) is 18.3 Å². The largest absolute Gasteiger partial charge is 0.384 e. The van der Waals surface area contributed by atoms with Gasteiger partial charge < -0.3 is 5.73 Å². The van der Waals surface area contributed by atoms with Crippen molar-refractivity contribution in [3.63, 3.8) is 0 Å². The predicted octanol–water partition coefficient (Wildman–Crippen LogP) is 1.08. The Hall–Kier alpha value is -0.790. The molecule has 1 heterocycles. The van der Waals surface area contributed by atoms with Gasteiger partial charge in [0, 0.05) is 18.0 Å². The van der Waals surface area contributed by atoms with Crippen molar-refractivity contribution >= 4 is 27.6 Å². The molecule has 96 valence electrons. The van der Waals surface area contributed by atoms with Crippen LogP contribution in [0.15, 0.2) is 23.2 Å². The minimum Gasteiger partial charge on any atom is -0.384 e. The number of nitrogens with two attached hydrogens (primary N) is 1. The van der Waals surface area contributed by atoms with E-state index in [9.17, 15) is 8.42 Å². The molecule has 7 heteroatoms. The van der Waals surface area contributed by atoms with Gasteiger partial charge in [0.2, 0.25) is 10.0 Å². The Bertz CT molecular complexity index is 445. The number of anilines is 1. The Balaban J connectivity index is 2.60. The molecule has 0 saturated carbocycles. The summed E-state index contributed by atoms with van der Waals surface area (Å²) >= 11 is 1.71. The minimum absolute atomic E-state index is 0.142. The molecule has 1 rings (SSSR count). The topological polar surface area (TPSA) is 85.1 Å². The highest BCUT2D eigenvalue weighted by Crippen LogP contribution is 2.11. The summed E-state index contributed by atoms with van der Waals surface area (Å²) in [6, 6.07) is 2.92. The second kappa shape index (κ2) is 6.23. The van der Waals surface area contributed by atoms with Gasteiger partial charge in [0.05, 0.1) is 0 Å². The predicted molar refractivity (Wildman–Crippen MR) is 71.4 cm³/mol. The summed E-state index contributed by atoms with van der Waals surface area (Å²) in [6.45, 7) is 2.48. The van der Waals surface area contributed by atoms with Gasteiger partial charge in [-0.1, -0.05) is 6.92 Å². The van der Waals surface area contributed by atoms with Gasteiger partial charge in [-0.05, 0) is 24.8 Å². The lowest BCUT2D eigenvalue weighted by Crippen LogP contribution is -2.26. The molecular weight excluding hydrogens is 258 g/mol. The van der Waals surface area contributed by atoms with Crippen LogP contribution in [-0.4, -0.2) is 31.5 Å². The summed E-state index contributed by atoms with van der Waals surface area (Å²) in [6.07, 6.45) is 4.06. The highest BCUT2D eigenvalue weighted by atomic mass is 32.2. The van der Waals surface area contributed by atoms with Crippen molar-refractivity contribution in [2.24, 2.45) is 0 Å². The van der Waals surface area contributed by atoms with Crippen LogP contribution in [0.4, 0.5) is 5.82 Å². The number of rotatable bonds is 6. The maximum atomic E-state index is 11.8. The minimum atomic E-state index is -3.46. The molecule has 1 aromatic heterocycles. The van der Waals surface area contributed by atoms with Gasteiger partial charge >= 0.3 is 0 Å². The van der Waals surface area contributed by atoms with Gasteiger partial charge in [-0.2, -0.15) is 11.8 Å². The van der Waals surface area contributed by atoms with Gasteiger partial charge in [-0.25, -0.2) is 18.1 Å². The number of nitrogen functional groups attached to an aromatic ring is 1. The van der Waals surface area contributed by atoms with E-state index < -0.39 is 10.0 Å². The van der Waals surface area contributed by atoms with E-state index in [0.717, 1.165) is 6.42 Å². The molecule has 0 aliphatic carbocycles. The van der Waals surface area contributed by atoms with Crippen LogP contribution in [0.2, 0.25) is 0 Å². The zero-order chi connectivity index (χ0) is 12.9. The van der Waals surface area contributed by atoms with E-state index in [4.69, 9.17) is 5.73 Å². The van der Waals surface area contributed by atoms with Crippen LogP contribution in [0.25, 0.3) is 0 Å². The number of sulfonamides is 1. The van der Waals surface area contributed by atoms with Crippen LogP contribution in [0.3, 0.4) is 0 Å². The number of aromatic nitrogens is 1. The first-order valence-electron chi connectivity index (χ1n) is 5.19. The van der Waals surface area contributed by atoms with Gasteiger partial charge in [-0.3, -0.25) is 0 Å². The molecule has 0 aliphatic rings. The second-order valence-electron chi connectivity index (χ2n) is 3.65. The first-order chi connectivity index (χ1) is 7.95. The average Bonchev–Trinajstić information content (AvgIpc) is 2.29. The Labute approximate surface area is 106 Å². The van der Waals surface area contributed by atoms with Crippen molar-refractivity contribution in [2.75, 3.05) is 18.5 Å². The van der Waals surface area contributed by atoms with Crippen LogP contribution in [0.1, 0.15) is 13.3 Å². The van der Waals surface area contributed by atoms with Crippen molar-refractivity contribution in [3.8, 4) is 0 Å². The number of hydrogen-bond acceptors (Lipinski definition) is 5. The van der Waals surface area contributed by atoms with Gasteiger partial charge in [-0.15, -0.1) is 0 Å². The highest BCUT2D eigenvalue weighted by molar-refractivity contribution is 7.99. The standard InChI is InChI=1S/C10H17N3O2S2/c1-8(16-2)5-6-13-17(14,15)9-3-4-10(11)12-7-9/h3-4,7-8,13H,5-6H2,1-2H3,(H2,11,12). The third-order valence-electron chi connectivity index (χ3n) is 2.31. The Kier molecular flexibility index (Phi) is 5.23. The summed E-state index contributed by atoms with van der Waals surface area (Å²) in [4.78, 5) is 3.90. The molecule has 1 atom stereocenters. The van der Waals surface area contributed by atoms with Crippen molar-refractivity contribution in [2.45, 2.75) is 23.5 Å². The third-order valence-corrected chi connectivity index (χ3v) is 4.80. The van der Waals surface area contributed by atoms with Gasteiger partial charge in [0.1, 0.15) is 10.7 Å². The molecule has 1 unspecified atom stereocenters. The lowest BCUT2D eigenvalue weighted by molar-refractivity contribution is 0.578. The van der Waals surface area contributed by atoms with Crippen LogP contribution in [-0.2, 0) is 10.0 Å². The number of nitrogens with one attached hydrogen (secondary N) is 1. The van der Waals surface area contributed by atoms with E-state index in [2.05, 4.69) is 16.6 Å². The molecule has 0 aromatic carbocycles. The Morgan fingerprint density at radius 3 is 2.76 bits per heavy atom. The monoisotopic (exact) mass is 275 g/mol. The molecule has 0 spiro atoms. The van der Waals surface area contributed by atoms with E-state index in [0.29, 0.717) is 17.6 Å². The van der Waals surface area contributed by atoms with Crippen molar-refractivity contribution in [1.29, 1.82) is 0 Å². The van der Waals surface area contributed by atoms with E-state index in [-0.39, 0.29) is 4.90 Å². The average molecular weight is 275 g/mol. The van der Waals surface area contributed by atoms with Crippen LogP contribution in [0, 0.1) is 0 Å². The van der Waals surface area contributed by atoms with E-state index in [1.165, 1.54) is 18.3 Å².